The molecule has 3 heterocycles. The fraction of sp³-hybridized carbons (Fsp3) is 0.286. The first-order valence-corrected chi connectivity index (χ1v) is 12.3. The number of aryl methyl sites for hydroxylation is 1. The number of rotatable bonds is 9. The molecule has 0 saturated carbocycles. The van der Waals surface area contributed by atoms with E-state index in [0.717, 1.165) is 27.5 Å². The van der Waals surface area contributed by atoms with Crippen molar-refractivity contribution in [2.75, 3.05) is 13.7 Å². The Morgan fingerprint density at radius 1 is 1.10 bits per heavy atom. The zero-order valence-corrected chi connectivity index (χ0v) is 22.3. The SMILES string of the molecule is CCOC(=O)[C@H](C)Oc1ccc(-n2c(C)cc(/C=C3\NC(=O)N(Cc4ccc(C(=O)OC)o4)C3=O)c2C)cc1. The van der Waals surface area contributed by atoms with E-state index in [4.69, 9.17) is 13.9 Å². The van der Waals surface area contributed by atoms with Crippen molar-refractivity contribution in [1.82, 2.24) is 14.8 Å². The summed E-state index contributed by atoms with van der Waals surface area (Å²) in [5.41, 5.74) is 3.49. The molecule has 39 heavy (non-hydrogen) atoms. The van der Waals surface area contributed by atoms with Crippen LogP contribution in [0.5, 0.6) is 5.75 Å². The van der Waals surface area contributed by atoms with E-state index in [0.29, 0.717) is 5.75 Å². The smallest absolute Gasteiger partial charge is 0.373 e. The number of nitrogens with one attached hydrogen (secondary N) is 1. The van der Waals surface area contributed by atoms with Gasteiger partial charge < -0.3 is 28.5 Å². The predicted octanol–water partition coefficient (Wildman–Crippen LogP) is 3.90. The Balaban J connectivity index is 1.50. The number of carbonyl (C=O) groups excluding carboxylic acids is 4. The molecule has 0 aliphatic carbocycles. The molecule has 11 heteroatoms. The molecule has 1 aromatic carbocycles. The summed E-state index contributed by atoms with van der Waals surface area (Å²) < 4.78 is 22.6. The van der Waals surface area contributed by atoms with Crippen molar-refractivity contribution < 1.29 is 37.8 Å². The molecule has 0 unspecified atom stereocenters. The largest absolute Gasteiger partial charge is 0.479 e. The number of hydrogen-bond acceptors (Lipinski definition) is 8. The first kappa shape index (κ1) is 27.2. The third kappa shape index (κ3) is 5.71. The molecule has 1 saturated heterocycles. The molecule has 1 atom stereocenters. The van der Waals surface area contributed by atoms with Gasteiger partial charge in [-0.2, -0.15) is 0 Å². The summed E-state index contributed by atoms with van der Waals surface area (Å²) in [6.07, 6.45) is 0.894. The molecule has 1 aliphatic rings. The molecule has 0 spiro atoms. The molecular weight excluding hydrogens is 506 g/mol. The van der Waals surface area contributed by atoms with Gasteiger partial charge in [-0.15, -0.1) is 0 Å². The van der Waals surface area contributed by atoms with Crippen molar-refractivity contribution in [3.8, 4) is 11.4 Å². The van der Waals surface area contributed by atoms with Crippen molar-refractivity contribution in [1.29, 1.82) is 0 Å². The molecule has 0 radical (unpaired) electrons. The fourth-order valence-electron chi connectivity index (χ4n) is 4.22. The number of imide groups is 1. The van der Waals surface area contributed by atoms with Crippen molar-refractivity contribution in [2.24, 2.45) is 0 Å². The Morgan fingerprint density at radius 3 is 2.49 bits per heavy atom. The number of nitrogens with zero attached hydrogens (tertiary/aromatic N) is 2. The van der Waals surface area contributed by atoms with Gasteiger partial charge in [0, 0.05) is 17.1 Å². The summed E-state index contributed by atoms with van der Waals surface area (Å²) in [5, 5.41) is 2.60. The van der Waals surface area contributed by atoms with Gasteiger partial charge in [0.2, 0.25) is 5.76 Å². The molecular formula is C28H29N3O8. The van der Waals surface area contributed by atoms with Crippen LogP contribution in [-0.4, -0.2) is 53.2 Å². The number of ether oxygens (including phenoxy) is 3. The Morgan fingerprint density at radius 2 is 1.82 bits per heavy atom. The lowest BCUT2D eigenvalue weighted by Crippen LogP contribution is -2.30. The second kappa shape index (κ2) is 11.3. The highest BCUT2D eigenvalue weighted by Gasteiger charge is 2.34. The van der Waals surface area contributed by atoms with Crippen LogP contribution >= 0.6 is 0 Å². The standard InChI is InChI=1S/C28H29N3O8/c1-6-37-26(33)18(4)38-21-9-7-20(8-10-21)31-16(2)13-19(17(31)3)14-23-25(32)30(28(35)29-23)15-22-11-12-24(39-22)27(34)36-5/h7-14,18H,6,15H2,1-5H3,(H,29,35)/b23-14-/t18-/m0/s1. The summed E-state index contributed by atoms with van der Waals surface area (Å²) in [6.45, 7) is 7.35. The van der Waals surface area contributed by atoms with Crippen LogP contribution in [0.15, 0.2) is 52.6 Å². The number of benzene rings is 1. The van der Waals surface area contributed by atoms with E-state index in [2.05, 4.69) is 10.1 Å². The lowest BCUT2D eigenvalue weighted by atomic mass is 10.2. The molecule has 204 valence electrons. The molecule has 4 rings (SSSR count). The number of furan rings is 1. The Hall–Kier alpha value is -4.80. The van der Waals surface area contributed by atoms with Crippen LogP contribution in [0.25, 0.3) is 11.8 Å². The minimum Gasteiger partial charge on any atom is -0.479 e. The van der Waals surface area contributed by atoms with Crippen molar-refractivity contribution >= 4 is 30.0 Å². The molecule has 1 fully saturated rings. The van der Waals surface area contributed by atoms with Crippen LogP contribution in [0, 0.1) is 13.8 Å². The summed E-state index contributed by atoms with van der Waals surface area (Å²) in [6, 6.07) is 11.5. The number of esters is 2. The summed E-state index contributed by atoms with van der Waals surface area (Å²) in [7, 11) is 1.23. The second-order valence-electron chi connectivity index (χ2n) is 8.80. The molecule has 1 N–H and O–H groups in total. The quantitative estimate of drug-likeness (QED) is 0.248. The van der Waals surface area contributed by atoms with Gasteiger partial charge in [-0.3, -0.25) is 9.69 Å². The van der Waals surface area contributed by atoms with Crippen molar-refractivity contribution in [2.45, 2.75) is 40.3 Å². The number of amides is 3. The molecule has 3 aromatic rings. The van der Waals surface area contributed by atoms with E-state index in [1.165, 1.54) is 19.2 Å². The number of methoxy groups -OCH3 is 1. The molecule has 2 aromatic heterocycles. The van der Waals surface area contributed by atoms with E-state index >= 15 is 0 Å². The number of urea groups is 1. The number of hydrogen-bond donors (Lipinski definition) is 1. The highest BCUT2D eigenvalue weighted by atomic mass is 16.6. The van der Waals surface area contributed by atoms with Crippen LogP contribution in [0.4, 0.5) is 4.79 Å². The van der Waals surface area contributed by atoms with Gasteiger partial charge in [-0.25, -0.2) is 14.4 Å². The van der Waals surface area contributed by atoms with Gasteiger partial charge in [0.1, 0.15) is 17.2 Å². The minimum atomic E-state index is -0.731. The average Bonchev–Trinajstić information content (AvgIpc) is 3.57. The van der Waals surface area contributed by atoms with Crippen molar-refractivity contribution in [3.63, 3.8) is 0 Å². The molecule has 3 amide bonds. The van der Waals surface area contributed by atoms with E-state index in [9.17, 15) is 19.2 Å². The van der Waals surface area contributed by atoms with Gasteiger partial charge in [0.25, 0.3) is 5.91 Å². The lowest BCUT2D eigenvalue weighted by Gasteiger charge is -2.15. The van der Waals surface area contributed by atoms with E-state index in [1.807, 2.05) is 36.6 Å². The first-order chi connectivity index (χ1) is 18.6. The zero-order chi connectivity index (χ0) is 28.3. The maximum absolute atomic E-state index is 13.0. The van der Waals surface area contributed by atoms with Crippen LogP contribution in [0.2, 0.25) is 0 Å². The van der Waals surface area contributed by atoms with Gasteiger partial charge in [-0.05, 0) is 81.8 Å². The number of aromatic nitrogens is 1. The first-order valence-electron chi connectivity index (χ1n) is 12.3. The zero-order valence-electron chi connectivity index (χ0n) is 22.3. The molecule has 1 aliphatic heterocycles. The van der Waals surface area contributed by atoms with E-state index < -0.39 is 30.0 Å². The van der Waals surface area contributed by atoms with Gasteiger partial charge >= 0.3 is 18.0 Å². The molecule has 0 bridgehead atoms. The Labute approximate surface area is 224 Å². The lowest BCUT2D eigenvalue weighted by molar-refractivity contribution is -0.150. The summed E-state index contributed by atoms with van der Waals surface area (Å²) >= 11 is 0. The Bertz CT molecular complexity index is 1450. The van der Waals surface area contributed by atoms with E-state index in [-0.39, 0.29) is 30.4 Å². The third-order valence-electron chi connectivity index (χ3n) is 6.12. The Kier molecular flexibility index (Phi) is 7.89. The number of carbonyl (C=O) groups is 4. The topological polar surface area (TPSA) is 129 Å². The van der Waals surface area contributed by atoms with E-state index in [1.54, 1.807) is 32.1 Å². The average molecular weight is 536 g/mol. The van der Waals surface area contributed by atoms with Gasteiger partial charge in [0.15, 0.2) is 6.10 Å². The maximum Gasteiger partial charge on any atom is 0.373 e. The van der Waals surface area contributed by atoms with Crippen LogP contribution in [0.1, 0.15) is 47.1 Å². The van der Waals surface area contributed by atoms with Crippen LogP contribution in [0.3, 0.4) is 0 Å². The highest BCUT2D eigenvalue weighted by Crippen LogP contribution is 2.26. The predicted molar refractivity (Wildman–Crippen MR) is 139 cm³/mol. The second-order valence-corrected chi connectivity index (χ2v) is 8.80. The van der Waals surface area contributed by atoms with Gasteiger partial charge in [-0.1, -0.05) is 0 Å². The maximum atomic E-state index is 13.0. The van der Waals surface area contributed by atoms with Gasteiger partial charge in [0.05, 0.1) is 20.3 Å². The van der Waals surface area contributed by atoms with Crippen LogP contribution < -0.4 is 10.1 Å². The minimum absolute atomic E-state index is 0.0177. The summed E-state index contributed by atoms with van der Waals surface area (Å²) in [5.74, 6) is -0.823. The normalized spacial score (nSPS) is 14.9. The third-order valence-corrected chi connectivity index (χ3v) is 6.12. The monoisotopic (exact) mass is 535 g/mol. The van der Waals surface area contributed by atoms with Crippen molar-refractivity contribution in [3.05, 3.63) is 76.6 Å². The highest BCUT2D eigenvalue weighted by molar-refractivity contribution is 6.14. The summed E-state index contributed by atoms with van der Waals surface area (Å²) in [4.78, 5) is 50.0. The fourth-order valence-corrected chi connectivity index (χ4v) is 4.22. The molecule has 11 nitrogen and oxygen atoms in total. The van der Waals surface area contributed by atoms with Crippen LogP contribution in [-0.2, 0) is 25.6 Å².